The van der Waals surface area contributed by atoms with Crippen LogP contribution in [0.1, 0.15) is 41.3 Å². The van der Waals surface area contributed by atoms with E-state index in [4.69, 9.17) is 4.74 Å². The van der Waals surface area contributed by atoms with Crippen LogP contribution in [0.4, 0.5) is 0 Å². The van der Waals surface area contributed by atoms with Crippen LogP contribution in [0.15, 0.2) is 59.8 Å². The van der Waals surface area contributed by atoms with Crippen molar-refractivity contribution in [3.63, 3.8) is 0 Å². The van der Waals surface area contributed by atoms with Crippen LogP contribution >= 0.6 is 0 Å². The SMILES string of the molecule is CCS(=O)(=O)N1CCC[C@@H](C(=O)N/N=C\c2cn(Cc3cccc(C(=O)OC)c3)c3ccccc23)C1. The predicted molar refractivity (Wildman–Crippen MR) is 138 cm³/mol. The predicted octanol–water partition coefficient (Wildman–Crippen LogP) is 2.99. The van der Waals surface area contributed by atoms with E-state index in [0.717, 1.165) is 22.0 Å². The summed E-state index contributed by atoms with van der Waals surface area (Å²) in [5.74, 6) is -1.08. The fourth-order valence-corrected chi connectivity index (χ4v) is 5.65. The number of fused-ring (bicyclic) bond motifs is 1. The van der Waals surface area contributed by atoms with Gasteiger partial charge in [0.2, 0.25) is 15.9 Å². The van der Waals surface area contributed by atoms with E-state index in [0.29, 0.717) is 31.5 Å². The highest BCUT2D eigenvalue weighted by atomic mass is 32.2. The lowest BCUT2D eigenvalue weighted by atomic mass is 9.99. The number of carbonyl (C=O) groups excluding carboxylic acids is 2. The number of hydrazone groups is 1. The maximum Gasteiger partial charge on any atom is 0.337 e. The number of amides is 1. The Kier molecular flexibility index (Phi) is 7.85. The number of carbonyl (C=O) groups is 2. The van der Waals surface area contributed by atoms with Crippen LogP contribution < -0.4 is 5.43 Å². The Morgan fingerprint density at radius 2 is 2.00 bits per heavy atom. The second-order valence-corrected chi connectivity index (χ2v) is 11.0. The van der Waals surface area contributed by atoms with E-state index in [2.05, 4.69) is 15.1 Å². The van der Waals surface area contributed by atoms with Crippen LogP contribution in [-0.2, 0) is 26.1 Å². The van der Waals surface area contributed by atoms with Crippen molar-refractivity contribution in [1.82, 2.24) is 14.3 Å². The largest absolute Gasteiger partial charge is 0.465 e. The van der Waals surface area contributed by atoms with Crippen molar-refractivity contribution in [2.45, 2.75) is 26.3 Å². The molecule has 1 aromatic heterocycles. The minimum absolute atomic E-state index is 0.0243. The fourth-order valence-electron chi connectivity index (χ4n) is 4.47. The van der Waals surface area contributed by atoms with Gasteiger partial charge in [-0.2, -0.15) is 5.10 Å². The normalized spacial score (nSPS) is 16.9. The van der Waals surface area contributed by atoms with E-state index in [-0.39, 0.29) is 24.2 Å². The van der Waals surface area contributed by atoms with Gasteiger partial charge in [-0.05, 0) is 43.5 Å². The van der Waals surface area contributed by atoms with Gasteiger partial charge in [0.1, 0.15) is 0 Å². The molecule has 0 spiro atoms. The lowest BCUT2D eigenvalue weighted by Gasteiger charge is -2.30. The molecule has 9 nitrogen and oxygen atoms in total. The highest BCUT2D eigenvalue weighted by Crippen LogP contribution is 2.22. The zero-order valence-corrected chi connectivity index (χ0v) is 21.2. The van der Waals surface area contributed by atoms with Crippen LogP contribution in [0.5, 0.6) is 0 Å². The van der Waals surface area contributed by atoms with Crippen molar-refractivity contribution in [1.29, 1.82) is 0 Å². The Morgan fingerprint density at radius 1 is 1.19 bits per heavy atom. The number of methoxy groups -OCH3 is 1. The molecular formula is C26H30N4O5S. The van der Waals surface area contributed by atoms with Gasteiger partial charge >= 0.3 is 5.97 Å². The van der Waals surface area contributed by atoms with Crippen molar-refractivity contribution in [2.24, 2.45) is 11.0 Å². The molecule has 4 rings (SSSR count). The van der Waals surface area contributed by atoms with Crippen LogP contribution in [0.2, 0.25) is 0 Å². The molecule has 190 valence electrons. The van der Waals surface area contributed by atoms with Gasteiger partial charge in [-0.3, -0.25) is 4.79 Å². The molecular weight excluding hydrogens is 480 g/mol. The molecule has 1 atom stereocenters. The first kappa shape index (κ1) is 25.6. The summed E-state index contributed by atoms with van der Waals surface area (Å²) >= 11 is 0. The first-order chi connectivity index (χ1) is 17.3. The summed E-state index contributed by atoms with van der Waals surface area (Å²) in [6.45, 7) is 2.78. The molecule has 10 heteroatoms. The highest BCUT2D eigenvalue weighted by Gasteiger charge is 2.31. The number of rotatable bonds is 8. The van der Waals surface area contributed by atoms with Crippen molar-refractivity contribution in [3.05, 3.63) is 71.4 Å². The quantitative estimate of drug-likeness (QED) is 0.285. The number of hydrogen-bond donors (Lipinski definition) is 1. The molecule has 0 saturated carbocycles. The van der Waals surface area contributed by atoms with E-state index in [1.807, 2.05) is 42.6 Å². The monoisotopic (exact) mass is 510 g/mol. The third kappa shape index (κ3) is 5.66. The molecule has 1 fully saturated rings. The van der Waals surface area contributed by atoms with Gasteiger partial charge in [-0.25, -0.2) is 22.9 Å². The molecule has 1 N–H and O–H groups in total. The van der Waals surface area contributed by atoms with Gasteiger partial charge in [0, 0.05) is 42.3 Å². The third-order valence-corrected chi connectivity index (χ3v) is 8.26. The van der Waals surface area contributed by atoms with Gasteiger partial charge in [-0.15, -0.1) is 0 Å². The number of para-hydroxylation sites is 1. The molecule has 2 aromatic carbocycles. The lowest BCUT2D eigenvalue weighted by Crippen LogP contribution is -2.45. The van der Waals surface area contributed by atoms with Crippen LogP contribution in [0, 0.1) is 5.92 Å². The van der Waals surface area contributed by atoms with Crippen molar-refractivity contribution >= 4 is 39.0 Å². The van der Waals surface area contributed by atoms with Gasteiger partial charge in [0.05, 0.1) is 30.6 Å². The van der Waals surface area contributed by atoms with Crippen molar-refractivity contribution < 1.29 is 22.7 Å². The topological polar surface area (TPSA) is 110 Å². The lowest BCUT2D eigenvalue weighted by molar-refractivity contribution is -0.126. The number of hydrogen-bond acceptors (Lipinski definition) is 6. The number of sulfonamides is 1. The zero-order chi connectivity index (χ0) is 25.7. The minimum Gasteiger partial charge on any atom is -0.465 e. The Balaban J connectivity index is 1.49. The maximum absolute atomic E-state index is 12.7. The van der Waals surface area contributed by atoms with E-state index in [1.165, 1.54) is 11.4 Å². The van der Waals surface area contributed by atoms with Crippen LogP contribution in [0.3, 0.4) is 0 Å². The Morgan fingerprint density at radius 3 is 2.78 bits per heavy atom. The molecule has 0 unspecified atom stereocenters. The number of benzene rings is 2. The number of nitrogens with one attached hydrogen (secondary N) is 1. The van der Waals surface area contributed by atoms with E-state index in [1.54, 1.807) is 25.3 Å². The number of nitrogens with zero attached hydrogens (tertiary/aromatic N) is 3. The van der Waals surface area contributed by atoms with Crippen molar-refractivity contribution in [2.75, 3.05) is 26.0 Å². The molecule has 1 aliphatic heterocycles. The highest BCUT2D eigenvalue weighted by molar-refractivity contribution is 7.89. The molecule has 36 heavy (non-hydrogen) atoms. The fraction of sp³-hybridized carbons (Fsp3) is 0.346. The Bertz CT molecular complexity index is 1400. The number of piperidine rings is 1. The minimum atomic E-state index is -3.32. The number of ether oxygens (including phenoxy) is 1. The van der Waals surface area contributed by atoms with Crippen LogP contribution in [-0.4, -0.2) is 61.3 Å². The van der Waals surface area contributed by atoms with E-state index >= 15 is 0 Å². The first-order valence-corrected chi connectivity index (χ1v) is 13.5. The molecule has 2 heterocycles. The maximum atomic E-state index is 12.7. The number of aromatic nitrogens is 1. The molecule has 0 aliphatic carbocycles. The van der Waals surface area contributed by atoms with E-state index < -0.39 is 15.9 Å². The van der Waals surface area contributed by atoms with E-state index in [9.17, 15) is 18.0 Å². The third-order valence-electron chi connectivity index (χ3n) is 6.41. The summed E-state index contributed by atoms with van der Waals surface area (Å²) in [5, 5.41) is 5.15. The summed E-state index contributed by atoms with van der Waals surface area (Å²) in [6.07, 6.45) is 4.82. The van der Waals surface area contributed by atoms with Gasteiger partial charge in [0.25, 0.3) is 0 Å². The molecule has 1 amide bonds. The summed E-state index contributed by atoms with van der Waals surface area (Å²) in [4.78, 5) is 24.6. The summed E-state index contributed by atoms with van der Waals surface area (Å²) in [5.41, 5.74) is 5.84. The van der Waals surface area contributed by atoms with Gasteiger partial charge < -0.3 is 9.30 Å². The molecule has 1 aliphatic rings. The average Bonchev–Trinajstić information content (AvgIpc) is 3.25. The summed E-state index contributed by atoms with van der Waals surface area (Å²) in [7, 11) is -1.96. The average molecular weight is 511 g/mol. The second-order valence-electron chi connectivity index (χ2n) is 8.75. The number of esters is 1. The smallest absolute Gasteiger partial charge is 0.337 e. The Labute approximate surface area is 210 Å². The molecule has 0 radical (unpaired) electrons. The zero-order valence-electron chi connectivity index (χ0n) is 20.4. The second kappa shape index (κ2) is 11.0. The van der Waals surface area contributed by atoms with Crippen molar-refractivity contribution in [3.8, 4) is 0 Å². The standard InChI is InChI=1S/C26H30N4O5S/c1-3-36(33,34)30-13-7-10-21(18-30)25(31)28-27-15-22-17-29(24-12-5-4-11-23(22)24)16-19-8-6-9-20(14-19)26(32)35-2/h4-6,8-9,11-12,14-15,17,21H,3,7,10,13,16,18H2,1-2H3,(H,28,31)/b27-15-/t21-/m1/s1. The molecule has 3 aromatic rings. The summed E-state index contributed by atoms with van der Waals surface area (Å²) < 4.78 is 32.6. The molecule has 0 bridgehead atoms. The molecule has 1 saturated heterocycles. The summed E-state index contributed by atoms with van der Waals surface area (Å²) in [6, 6.07) is 15.2. The first-order valence-electron chi connectivity index (χ1n) is 11.9. The van der Waals surface area contributed by atoms with Gasteiger partial charge in [-0.1, -0.05) is 30.3 Å². The van der Waals surface area contributed by atoms with Gasteiger partial charge in [0.15, 0.2) is 0 Å². The van der Waals surface area contributed by atoms with Crippen LogP contribution in [0.25, 0.3) is 10.9 Å². The Hall–Kier alpha value is -3.50.